The van der Waals surface area contributed by atoms with Crippen molar-refractivity contribution in [2.45, 2.75) is 38.0 Å². The summed E-state index contributed by atoms with van der Waals surface area (Å²) in [5, 5.41) is 24.5. The minimum Gasteiger partial charge on any atom is -0.482 e. The van der Waals surface area contributed by atoms with Gasteiger partial charge in [-0.25, -0.2) is 0 Å². The van der Waals surface area contributed by atoms with Crippen molar-refractivity contribution >= 4 is 45.3 Å². The molecule has 4 rings (SSSR count). The van der Waals surface area contributed by atoms with Crippen LogP contribution in [0.3, 0.4) is 0 Å². The molecule has 0 bridgehead atoms. The molecule has 208 valence electrons. The summed E-state index contributed by atoms with van der Waals surface area (Å²) < 4.78 is 12.5. The summed E-state index contributed by atoms with van der Waals surface area (Å²) in [4.78, 5) is 31.3. The summed E-state index contributed by atoms with van der Waals surface area (Å²) >= 11 is 2.15. The smallest absolute Gasteiger partial charge is 0.248 e. The van der Waals surface area contributed by atoms with Gasteiger partial charge in [-0.3, -0.25) is 9.59 Å². The summed E-state index contributed by atoms with van der Waals surface area (Å²) in [7, 11) is 0. The van der Waals surface area contributed by atoms with Crippen LogP contribution in [0.15, 0.2) is 66.2 Å². The minimum atomic E-state index is -1.09. The first-order chi connectivity index (χ1) is 18.9. The van der Waals surface area contributed by atoms with E-state index in [0.29, 0.717) is 30.9 Å². The second kappa shape index (κ2) is 13.9. The average Bonchev–Trinajstić information content (AvgIpc) is 3.36. The number of hydrogen-bond donors (Lipinski definition) is 4. The zero-order valence-corrected chi connectivity index (χ0v) is 24.0. The number of aromatic nitrogens is 1. The number of halogens is 1. The molecule has 10 heteroatoms. The summed E-state index contributed by atoms with van der Waals surface area (Å²) in [6, 6.07) is 16.7. The molecule has 0 aliphatic heterocycles. The van der Waals surface area contributed by atoms with E-state index in [9.17, 15) is 19.8 Å². The van der Waals surface area contributed by atoms with Gasteiger partial charge in [-0.05, 0) is 65.2 Å². The van der Waals surface area contributed by atoms with Crippen molar-refractivity contribution in [1.29, 1.82) is 0 Å². The molecule has 1 aliphatic rings. The molecule has 3 unspecified atom stereocenters. The van der Waals surface area contributed by atoms with E-state index in [1.54, 1.807) is 17.0 Å². The number of aliphatic hydroxyl groups excluding tert-OH is 2. The lowest BCUT2D eigenvalue weighted by molar-refractivity contribution is -0.143. The van der Waals surface area contributed by atoms with Crippen molar-refractivity contribution in [1.82, 2.24) is 15.2 Å². The van der Waals surface area contributed by atoms with Crippen molar-refractivity contribution in [3.8, 4) is 5.75 Å². The fourth-order valence-electron chi connectivity index (χ4n) is 4.72. The third-order valence-corrected chi connectivity index (χ3v) is 7.56. The maximum Gasteiger partial charge on any atom is 0.248 e. The quantitative estimate of drug-likeness (QED) is 0.224. The number of carbonyl (C=O) groups excluding carboxylic acids is 2. The Morgan fingerprint density at radius 3 is 2.69 bits per heavy atom. The maximum atomic E-state index is 13.4. The highest BCUT2D eigenvalue weighted by Crippen LogP contribution is 2.30. The first-order valence-electron chi connectivity index (χ1n) is 13.0. The lowest BCUT2D eigenvalue weighted by atomic mass is 9.88. The number of aromatic amines is 1. The van der Waals surface area contributed by atoms with Crippen molar-refractivity contribution in [3.05, 3.63) is 75.5 Å². The summed E-state index contributed by atoms with van der Waals surface area (Å²) in [6.45, 7) is 2.26. The summed E-state index contributed by atoms with van der Waals surface area (Å²) in [5.74, 6) is -0.0772. The molecule has 0 saturated heterocycles. The molecule has 0 radical (unpaired) electrons. The van der Waals surface area contributed by atoms with Crippen LogP contribution in [0.2, 0.25) is 0 Å². The van der Waals surface area contributed by atoms with E-state index in [4.69, 9.17) is 9.47 Å². The molecule has 39 heavy (non-hydrogen) atoms. The van der Waals surface area contributed by atoms with Gasteiger partial charge in [0.05, 0.1) is 16.2 Å². The fourth-order valence-corrected chi connectivity index (χ4v) is 5.24. The number of fused-ring (bicyclic) bond motifs is 1. The lowest BCUT2D eigenvalue weighted by Gasteiger charge is -2.40. The molecule has 3 aromatic rings. The fraction of sp³-hybridized carbons (Fsp3) is 0.379. The molecule has 9 nitrogen and oxygen atoms in total. The Kier molecular flexibility index (Phi) is 10.4. The summed E-state index contributed by atoms with van der Waals surface area (Å²) in [6.07, 6.45) is 0.302. The van der Waals surface area contributed by atoms with E-state index < -0.39 is 18.2 Å². The van der Waals surface area contributed by atoms with Gasteiger partial charge in [0.2, 0.25) is 11.8 Å². The van der Waals surface area contributed by atoms with E-state index in [1.165, 1.54) is 0 Å². The third kappa shape index (κ3) is 7.38. The maximum absolute atomic E-state index is 13.4. The Labute approximate surface area is 241 Å². The number of aliphatic hydroxyl groups is 2. The Hall–Kier alpha value is -2.93. The van der Waals surface area contributed by atoms with Crippen LogP contribution in [0.1, 0.15) is 19.0 Å². The second-order valence-electron chi connectivity index (χ2n) is 9.30. The molecule has 4 N–H and O–H groups in total. The van der Waals surface area contributed by atoms with E-state index in [0.717, 1.165) is 20.2 Å². The molecule has 0 saturated carbocycles. The Bertz CT molecular complexity index is 1280. The highest BCUT2D eigenvalue weighted by molar-refractivity contribution is 14.1. The summed E-state index contributed by atoms with van der Waals surface area (Å²) in [5.41, 5.74) is 2.35. The Morgan fingerprint density at radius 2 is 1.95 bits per heavy atom. The van der Waals surface area contributed by atoms with Gasteiger partial charge in [0, 0.05) is 49.3 Å². The number of benzene rings is 2. The molecule has 3 atom stereocenters. The Morgan fingerprint density at radius 1 is 1.18 bits per heavy atom. The van der Waals surface area contributed by atoms with Gasteiger partial charge in [0.1, 0.15) is 24.6 Å². The standard InChI is InChI=1S/C29H34IN3O6/c1-2-38-18-27(35)33(13-11-21-15-19-7-3-5-9-23(19)32-21)24-16-20(29(37)31-12-14-34)17-26(28(24)36)39-25-10-6-4-8-22(25)30/h3-10,15,17,24,26,28,32,34,36H,2,11-14,16,18H2,1H3,(H,31,37). The first-order valence-corrected chi connectivity index (χ1v) is 14.1. The number of ether oxygens (including phenoxy) is 2. The van der Waals surface area contributed by atoms with Crippen LogP contribution in [0.5, 0.6) is 5.75 Å². The topological polar surface area (TPSA) is 124 Å². The van der Waals surface area contributed by atoms with Crippen LogP contribution < -0.4 is 10.1 Å². The monoisotopic (exact) mass is 647 g/mol. The van der Waals surface area contributed by atoms with Crippen LogP contribution in [0.25, 0.3) is 10.9 Å². The third-order valence-electron chi connectivity index (χ3n) is 6.67. The molecule has 0 fully saturated rings. The van der Waals surface area contributed by atoms with E-state index in [1.807, 2.05) is 49.4 Å². The van der Waals surface area contributed by atoms with Crippen LogP contribution in [-0.4, -0.2) is 83.1 Å². The molecule has 1 aliphatic carbocycles. The number of rotatable bonds is 12. The predicted molar refractivity (Wildman–Crippen MR) is 156 cm³/mol. The van der Waals surface area contributed by atoms with Gasteiger partial charge in [0.15, 0.2) is 0 Å². The van der Waals surface area contributed by atoms with Gasteiger partial charge in [-0.2, -0.15) is 0 Å². The van der Waals surface area contributed by atoms with Crippen molar-refractivity contribution in [3.63, 3.8) is 0 Å². The van der Waals surface area contributed by atoms with Crippen LogP contribution in [0.4, 0.5) is 0 Å². The molecular weight excluding hydrogens is 613 g/mol. The first kappa shape index (κ1) is 29.1. The highest BCUT2D eigenvalue weighted by atomic mass is 127. The van der Waals surface area contributed by atoms with Crippen molar-refractivity contribution in [2.75, 3.05) is 32.9 Å². The van der Waals surface area contributed by atoms with Crippen LogP contribution in [0, 0.1) is 3.57 Å². The molecule has 1 aromatic heterocycles. The average molecular weight is 648 g/mol. The molecule has 2 aromatic carbocycles. The number of para-hydroxylation sites is 2. The zero-order valence-electron chi connectivity index (χ0n) is 21.8. The number of H-pyrrole nitrogens is 1. The normalized spacial score (nSPS) is 19.0. The number of carbonyl (C=O) groups is 2. The van der Waals surface area contributed by atoms with Gasteiger partial charge in [-0.1, -0.05) is 30.3 Å². The molecular formula is C29H34IN3O6. The van der Waals surface area contributed by atoms with E-state index in [2.05, 4.69) is 39.0 Å². The van der Waals surface area contributed by atoms with Gasteiger partial charge >= 0.3 is 0 Å². The highest BCUT2D eigenvalue weighted by Gasteiger charge is 2.40. The van der Waals surface area contributed by atoms with Crippen LogP contribution >= 0.6 is 22.6 Å². The number of amides is 2. The largest absolute Gasteiger partial charge is 0.482 e. The van der Waals surface area contributed by atoms with Gasteiger partial charge in [0.25, 0.3) is 0 Å². The SMILES string of the molecule is CCOCC(=O)N(CCc1cc2ccccc2[nH]1)C1CC(C(=O)NCCO)=CC(Oc2ccccc2I)C1O. The van der Waals surface area contributed by atoms with E-state index >= 15 is 0 Å². The minimum absolute atomic E-state index is 0.0961. The predicted octanol–water partition coefficient (Wildman–Crippen LogP) is 2.80. The number of nitrogens with zero attached hydrogens (tertiary/aromatic N) is 1. The molecule has 1 heterocycles. The van der Waals surface area contributed by atoms with Crippen molar-refractivity contribution in [2.24, 2.45) is 0 Å². The molecule has 2 amide bonds. The van der Waals surface area contributed by atoms with E-state index in [-0.39, 0.29) is 38.0 Å². The lowest BCUT2D eigenvalue weighted by Crippen LogP contribution is -2.56. The number of hydrogen-bond acceptors (Lipinski definition) is 6. The van der Waals surface area contributed by atoms with Gasteiger partial charge < -0.3 is 34.9 Å². The second-order valence-corrected chi connectivity index (χ2v) is 10.5. The van der Waals surface area contributed by atoms with Crippen molar-refractivity contribution < 1.29 is 29.3 Å². The zero-order chi connectivity index (χ0) is 27.8. The number of nitrogens with one attached hydrogen (secondary N) is 2. The Balaban J connectivity index is 1.62. The van der Waals surface area contributed by atoms with Gasteiger partial charge in [-0.15, -0.1) is 0 Å². The van der Waals surface area contributed by atoms with Crippen LogP contribution in [-0.2, 0) is 20.7 Å². The molecule has 0 spiro atoms.